The minimum absolute atomic E-state index is 0.699. The molecule has 0 spiro atoms. The van der Waals surface area contributed by atoms with Crippen molar-refractivity contribution in [3.63, 3.8) is 0 Å². The van der Waals surface area contributed by atoms with Gasteiger partial charge < -0.3 is 10.3 Å². The van der Waals surface area contributed by atoms with Crippen LogP contribution in [0.25, 0.3) is 32.7 Å². The van der Waals surface area contributed by atoms with Gasteiger partial charge in [-0.1, -0.05) is 11.6 Å². The summed E-state index contributed by atoms with van der Waals surface area (Å²) >= 11 is 5.98. The molecule has 0 unspecified atom stereocenters. The molecule has 1 aromatic carbocycles. The maximum Gasteiger partial charge on any atom is 0.141 e. The SMILES string of the molecule is Clc1ccc(Nc2nc3ccncc3c3[nH]c4ccncc4c23)cc1. The minimum Gasteiger partial charge on any atom is -0.354 e. The molecule has 0 bridgehead atoms. The van der Waals surface area contributed by atoms with Gasteiger partial charge in [0, 0.05) is 51.8 Å². The Hall–Kier alpha value is -3.18. The van der Waals surface area contributed by atoms with Gasteiger partial charge in [-0.2, -0.15) is 0 Å². The number of hydrogen-bond donors (Lipinski definition) is 2. The molecule has 0 saturated carbocycles. The van der Waals surface area contributed by atoms with Gasteiger partial charge in [-0.3, -0.25) is 9.97 Å². The zero-order valence-electron chi connectivity index (χ0n) is 13.0. The number of benzene rings is 1. The normalized spacial score (nSPS) is 11.4. The van der Waals surface area contributed by atoms with E-state index < -0.39 is 0 Å². The number of rotatable bonds is 2. The molecule has 4 aromatic heterocycles. The Morgan fingerprint density at radius 1 is 0.880 bits per heavy atom. The van der Waals surface area contributed by atoms with Crippen molar-refractivity contribution in [1.29, 1.82) is 0 Å². The number of nitrogens with one attached hydrogen (secondary N) is 2. The highest BCUT2D eigenvalue weighted by Gasteiger charge is 2.14. The zero-order chi connectivity index (χ0) is 16.8. The first-order valence-corrected chi connectivity index (χ1v) is 8.19. The predicted octanol–water partition coefficient (Wildman–Crippen LogP) is 5.06. The van der Waals surface area contributed by atoms with Gasteiger partial charge in [0.25, 0.3) is 0 Å². The van der Waals surface area contributed by atoms with Crippen LogP contribution in [0, 0.1) is 0 Å². The number of halogens is 1. The number of aromatic nitrogens is 4. The van der Waals surface area contributed by atoms with Gasteiger partial charge in [-0.05, 0) is 36.4 Å². The fourth-order valence-electron chi connectivity index (χ4n) is 3.10. The van der Waals surface area contributed by atoms with Gasteiger partial charge in [0.2, 0.25) is 0 Å². The summed E-state index contributed by atoms with van der Waals surface area (Å²) in [7, 11) is 0. The van der Waals surface area contributed by atoms with Crippen molar-refractivity contribution in [2.24, 2.45) is 0 Å². The molecule has 120 valence electrons. The molecule has 0 fully saturated rings. The van der Waals surface area contributed by atoms with Crippen LogP contribution in [-0.2, 0) is 0 Å². The smallest absolute Gasteiger partial charge is 0.141 e. The third-order valence-electron chi connectivity index (χ3n) is 4.24. The zero-order valence-corrected chi connectivity index (χ0v) is 13.7. The standard InChI is InChI=1S/C19H12ClN5/c20-11-1-3-12(4-2-11)23-19-17-13-9-21-7-5-15(13)24-18(17)14-10-22-8-6-16(14)25-19/h1-10,24H,(H,23,25). The summed E-state index contributed by atoms with van der Waals surface area (Å²) in [5.41, 5.74) is 3.81. The van der Waals surface area contributed by atoms with E-state index in [-0.39, 0.29) is 0 Å². The second kappa shape index (κ2) is 5.43. The number of nitrogens with zero attached hydrogens (tertiary/aromatic N) is 3. The van der Waals surface area contributed by atoms with Crippen molar-refractivity contribution in [3.8, 4) is 0 Å². The number of anilines is 2. The van der Waals surface area contributed by atoms with Crippen LogP contribution in [0.3, 0.4) is 0 Å². The second-order valence-corrected chi connectivity index (χ2v) is 6.22. The fraction of sp³-hybridized carbons (Fsp3) is 0. The van der Waals surface area contributed by atoms with Crippen LogP contribution in [0.4, 0.5) is 11.5 Å². The van der Waals surface area contributed by atoms with E-state index in [2.05, 4.69) is 20.3 Å². The topological polar surface area (TPSA) is 66.5 Å². The van der Waals surface area contributed by atoms with E-state index in [0.29, 0.717) is 5.02 Å². The number of H-pyrrole nitrogens is 1. The van der Waals surface area contributed by atoms with Gasteiger partial charge in [-0.25, -0.2) is 4.98 Å². The number of fused-ring (bicyclic) bond motifs is 5. The molecule has 0 atom stereocenters. The molecule has 25 heavy (non-hydrogen) atoms. The van der Waals surface area contributed by atoms with E-state index in [1.165, 1.54) is 0 Å². The first-order chi connectivity index (χ1) is 12.3. The van der Waals surface area contributed by atoms with Gasteiger partial charge >= 0.3 is 0 Å². The van der Waals surface area contributed by atoms with Gasteiger partial charge in [-0.15, -0.1) is 0 Å². The largest absolute Gasteiger partial charge is 0.354 e. The highest BCUT2D eigenvalue weighted by molar-refractivity contribution is 6.30. The van der Waals surface area contributed by atoms with Gasteiger partial charge in [0.15, 0.2) is 0 Å². The summed E-state index contributed by atoms with van der Waals surface area (Å²) < 4.78 is 0. The predicted molar refractivity (Wildman–Crippen MR) is 101 cm³/mol. The Balaban J connectivity index is 1.84. The van der Waals surface area contributed by atoms with Crippen LogP contribution < -0.4 is 5.32 Å². The molecule has 5 rings (SSSR count). The lowest BCUT2D eigenvalue weighted by Crippen LogP contribution is -1.95. The Kier molecular flexibility index (Phi) is 3.08. The fourth-order valence-corrected chi connectivity index (χ4v) is 3.22. The molecule has 2 N–H and O–H groups in total. The molecule has 0 amide bonds. The molecular formula is C19H12ClN5. The lowest BCUT2D eigenvalue weighted by molar-refractivity contribution is 1.33. The van der Waals surface area contributed by atoms with Crippen molar-refractivity contribution >= 4 is 55.8 Å². The first kappa shape index (κ1) is 14.2. The molecule has 0 saturated heterocycles. The monoisotopic (exact) mass is 345 g/mol. The molecule has 0 radical (unpaired) electrons. The Labute approximate surface area is 147 Å². The number of pyridine rings is 3. The Bertz CT molecular complexity index is 1230. The molecule has 0 aliphatic rings. The Morgan fingerprint density at radius 2 is 1.64 bits per heavy atom. The van der Waals surface area contributed by atoms with E-state index in [1.807, 2.05) is 48.8 Å². The molecule has 6 heteroatoms. The Morgan fingerprint density at radius 3 is 2.48 bits per heavy atom. The lowest BCUT2D eigenvalue weighted by Gasteiger charge is -2.09. The summed E-state index contributed by atoms with van der Waals surface area (Å²) in [6, 6.07) is 11.4. The lowest BCUT2D eigenvalue weighted by atomic mass is 10.1. The van der Waals surface area contributed by atoms with Crippen molar-refractivity contribution in [3.05, 3.63) is 66.2 Å². The average molecular weight is 346 g/mol. The van der Waals surface area contributed by atoms with Gasteiger partial charge in [0.1, 0.15) is 5.82 Å². The van der Waals surface area contributed by atoms with Crippen LogP contribution in [0.1, 0.15) is 0 Å². The summed E-state index contributed by atoms with van der Waals surface area (Å²) in [6.45, 7) is 0. The third-order valence-corrected chi connectivity index (χ3v) is 4.50. The average Bonchev–Trinajstić information content (AvgIpc) is 3.04. The van der Waals surface area contributed by atoms with Gasteiger partial charge in [0.05, 0.1) is 16.4 Å². The van der Waals surface area contributed by atoms with E-state index in [1.54, 1.807) is 12.4 Å². The molecular weight excluding hydrogens is 334 g/mol. The quantitative estimate of drug-likeness (QED) is 0.469. The second-order valence-electron chi connectivity index (χ2n) is 5.78. The van der Waals surface area contributed by atoms with Crippen LogP contribution >= 0.6 is 11.6 Å². The van der Waals surface area contributed by atoms with Crippen LogP contribution in [0.2, 0.25) is 5.02 Å². The maximum absolute atomic E-state index is 5.98. The number of hydrogen-bond acceptors (Lipinski definition) is 4. The molecule has 5 nitrogen and oxygen atoms in total. The third kappa shape index (κ3) is 2.28. The molecule has 4 heterocycles. The first-order valence-electron chi connectivity index (χ1n) is 7.81. The van der Waals surface area contributed by atoms with Crippen molar-refractivity contribution in [2.75, 3.05) is 5.32 Å². The van der Waals surface area contributed by atoms with Crippen molar-refractivity contribution in [2.45, 2.75) is 0 Å². The summed E-state index contributed by atoms with van der Waals surface area (Å²) in [5, 5.41) is 7.11. The minimum atomic E-state index is 0.699. The highest BCUT2D eigenvalue weighted by Crippen LogP contribution is 2.35. The van der Waals surface area contributed by atoms with E-state index in [9.17, 15) is 0 Å². The summed E-state index contributed by atoms with van der Waals surface area (Å²) in [6.07, 6.45) is 7.21. The van der Waals surface area contributed by atoms with E-state index >= 15 is 0 Å². The van der Waals surface area contributed by atoms with Crippen molar-refractivity contribution in [1.82, 2.24) is 19.9 Å². The van der Waals surface area contributed by atoms with E-state index in [0.717, 1.165) is 44.2 Å². The van der Waals surface area contributed by atoms with Crippen molar-refractivity contribution < 1.29 is 0 Å². The summed E-state index contributed by atoms with van der Waals surface area (Å²) in [5.74, 6) is 0.773. The van der Waals surface area contributed by atoms with E-state index in [4.69, 9.17) is 16.6 Å². The maximum atomic E-state index is 5.98. The highest BCUT2D eigenvalue weighted by atomic mass is 35.5. The number of aromatic amines is 1. The molecule has 0 aliphatic heterocycles. The van der Waals surface area contributed by atoms with Crippen LogP contribution in [-0.4, -0.2) is 19.9 Å². The molecule has 5 aromatic rings. The summed E-state index contributed by atoms with van der Waals surface area (Å²) in [4.78, 5) is 16.8. The van der Waals surface area contributed by atoms with Crippen LogP contribution in [0.15, 0.2) is 61.2 Å². The van der Waals surface area contributed by atoms with Crippen LogP contribution in [0.5, 0.6) is 0 Å². The molecule has 0 aliphatic carbocycles.